The summed E-state index contributed by atoms with van der Waals surface area (Å²) in [6, 6.07) is 0. The van der Waals surface area contributed by atoms with Gasteiger partial charge in [-0.05, 0) is 19.3 Å². The first-order valence-corrected chi connectivity index (χ1v) is 5.73. The Kier molecular flexibility index (Phi) is 1.71. The SMILES string of the molecule is COC(=O)[C@]12CC(=O)[C@@H](CCC1=O)C21CC1. The van der Waals surface area contributed by atoms with Gasteiger partial charge in [-0.3, -0.25) is 14.4 Å². The highest BCUT2D eigenvalue weighted by Gasteiger charge is 2.77. The van der Waals surface area contributed by atoms with Crippen molar-refractivity contribution >= 4 is 17.5 Å². The molecule has 4 heteroatoms. The van der Waals surface area contributed by atoms with Gasteiger partial charge in [0.05, 0.1) is 7.11 Å². The number of carbonyl (C=O) groups is 3. The Hall–Kier alpha value is -1.19. The molecule has 86 valence electrons. The molecule has 4 nitrogen and oxygen atoms in total. The maximum Gasteiger partial charge on any atom is 0.320 e. The molecule has 0 radical (unpaired) electrons. The van der Waals surface area contributed by atoms with Crippen LogP contribution in [-0.4, -0.2) is 24.6 Å². The molecule has 3 aliphatic rings. The Labute approximate surface area is 93.3 Å². The van der Waals surface area contributed by atoms with Crippen molar-refractivity contribution in [3.05, 3.63) is 0 Å². The molecule has 0 N–H and O–H groups in total. The monoisotopic (exact) mass is 222 g/mol. The molecular weight excluding hydrogens is 208 g/mol. The van der Waals surface area contributed by atoms with Crippen LogP contribution in [0.5, 0.6) is 0 Å². The molecule has 0 heterocycles. The maximum absolute atomic E-state index is 12.1. The highest BCUT2D eigenvalue weighted by molar-refractivity contribution is 6.13. The largest absolute Gasteiger partial charge is 0.468 e. The average molecular weight is 222 g/mol. The number of rotatable bonds is 1. The second-order valence-corrected chi connectivity index (χ2v) is 5.21. The Bertz CT molecular complexity index is 397. The Morgan fingerprint density at radius 3 is 2.62 bits per heavy atom. The number of ether oxygens (including phenoxy) is 1. The van der Waals surface area contributed by atoms with Gasteiger partial charge in [0.1, 0.15) is 11.2 Å². The smallest absolute Gasteiger partial charge is 0.320 e. The van der Waals surface area contributed by atoms with Crippen molar-refractivity contribution in [1.29, 1.82) is 0 Å². The lowest BCUT2D eigenvalue weighted by atomic mass is 9.63. The number of methoxy groups -OCH3 is 1. The summed E-state index contributed by atoms with van der Waals surface area (Å²) in [5.74, 6) is -0.525. The molecular formula is C12H14O4. The normalized spacial score (nSPS) is 38.9. The highest BCUT2D eigenvalue weighted by Crippen LogP contribution is 2.73. The lowest BCUT2D eigenvalue weighted by molar-refractivity contribution is -0.164. The van der Waals surface area contributed by atoms with Crippen LogP contribution in [0.1, 0.15) is 32.1 Å². The van der Waals surface area contributed by atoms with Crippen molar-refractivity contribution in [3.63, 3.8) is 0 Å². The molecule has 0 aromatic rings. The fraction of sp³-hybridized carbons (Fsp3) is 0.750. The van der Waals surface area contributed by atoms with E-state index in [0.29, 0.717) is 12.8 Å². The molecule has 2 atom stereocenters. The van der Waals surface area contributed by atoms with Gasteiger partial charge in [-0.25, -0.2) is 0 Å². The number of esters is 1. The van der Waals surface area contributed by atoms with Crippen molar-refractivity contribution < 1.29 is 19.1 Å². The summed E-state index contributed by atoms with van der Waals surface area (Å²) in [6.07, 6.45) is 2.72. The van der Waals surface area contributed by atoms with E-state index in [9.17, 15) is 14.4 Å². The van der Waals surface area contributed by atoms with Crippen molar-refractivity contribution in [2.24, 2.45) is 16.7 Å². The minimum atomic E-state index is -1.11. The maximum atomic E-state index is 12.1. The second-order valence-electron chi connectivity index (χ2n) is 5.21. The number of ketones is 2. The minimum Gasteiger partial charge on any atom is -0.468 e. The van der Waals surface area contributed by atoms with E-state index >= 15 is 0 Å². The summed E-state index contributed by atoms with van der Waals surface area (Å²) < 4.78 is 4.79. The molecule has 3 fully saturated rings. The predicted molar refractivity (Wildman–Crippen MR) is 53.5 cm³/mol. The van der Waals surface area contributed by atoms with Crippen LogP contribution in [0.4, 0.5) is 0 Å². The number of carbonyl (C=O) groups excluding carboxylic acids is 3. The van der Waals surface area contributed by atoms with Crippen molar-refractivity contribution in [2.45, 2.75) is 32.1 Å². The summed E-state index contributed by atoms with van der Waals surface area (Å²) in [4.78, 5) is 36.0. The molecule has 0 amide bonds. The number of hydrogen-bond acceptors (Lipinski definition) is 4. The van der Waals surface area contributed by atoms with E-state index in [0.717, 1.165) is 12.8 Å². The summed E-state index contributed by atoms with van der Waals surface area (Å²) >= 11 is 0. The third kappa shape index (κ3) is 0.815. The Morgan fingerprint density at radius 1 is 1.38 bits per heavy atom. The molecule has 3 aliphatic carbocycles. The van der Waals surface area contributed by atoms with Gasteiger partial charge in [-0.2, -0.15) is 0 Å². The van der Waals surface area contributed by atoms with Gasteiger partial charge in [0.25, 0.3) is 0 Å². The summed E-state index contributed by atoms with van der Waals surface area (Å²) in [5, 5.41) is 0. The first-order chi connectivity index (χ1) is 7.58. The molecule has 2 bridgehead atoms. The van der Waals surface area contributed by atoms with Gasteiger partial charge in [-0.1, -0.05) is 0 Å². The zero-order chi connectivity index (χ0) is 11.6. The quantitative estimate of drug-likeness (QED) is 0.488. The summed E-state index contributed by atoms with van der Waals surface area (Å²) in [7, 11) is 1.30. The van der Waals surface area contributed by atoms with Crippen LogP contribution in [0.15, 0.2) is 0 Å². The van der Waals surface area contributed by atoms with E-state index in [2.05, 4.69) is 0 Å². The van der Waals surface area contributed by atoms with E-state index in [-0.39, 0.29) is 29.3 Å². The Balaban J connectivity index is 2.16. The van der Waals surface area contributed by atoms with E-state index < -0.39 is 11.4 Å². The lowest BCUT2D eigenvalue weighted by Crippen LogP contribution is -2.48. The van der Waals surface area contributed by atoms with Gasteiger partial charge < -0.3 is 4.74 Å². The van der Waals surface area contributed by atoms with Crippen LogP contribution in [0, 0.1) is 16.7 Å². The molecule has 1 spiro atoms. The van der Waals surface area contributed by atoms with Crippen LogP contribution in [-0.2, 0) is 19.1 Å². The fourth-order valence-corrected chi connectivity index (χ4v) is 3.94. The summed E-state index contributed by atoms with van der Waals surface area (Å²) in [5.41, 5.74) is -1.46. The molecule has 3 rings (SSSR count). The van der Waals surface area contributed by atoms with Gasteiger partial charge >= 0.3 is 5.97 Å². The molecule has 0 unspecified atom stereocenters. The van der Waals surface area contributed by atoms with Crippen LogP contribution < -0.4 is 0 Å². The molecule has 0 saturated heterocycles. The molecule has 16 heavy (non-hydrogen) atoms. The van der Waals surface area contributed by atoms with E-state index in [1.165, 1.54) is 7.11 Å². The highest BCUT2D eigenvalue weighted by atomic mass is 16.5. The van der Waals surface area contributed by atoms with Crippen LogP contribution in [0.3, 0.4) is 0 Å². The second kappa shape index (κ2) is 2.73. The van der Waals surface area contributed by atoms with Gasteiger partial charge in [0.2, 0.25) is 0 Å². The molecule has 0 aromatic heterocycles. The third-order valence-corrected chi connectivity index (χ3v) is 4.80. The van der Waals surface area contributed by atoms with Crippen LogP contribution in [0.2, 0.25) is 0 Å². The zero-order valence-electron chi connectivity index (χ0n) is 9.25. The number of Topliss-reactive ketones (excluding diaryl/α,β-unsaturated/α-hetero) is 2. The lowest BCUT2D eigenvalue weighted by Gasteiger charge is -2.36. The first-order valence-electron chi connectivity index (χ1n) is 5.73. The van der Waals surface area contributed by atoms with Crippen molar-refractivity contribution in [3.8, 4) is 0 Å². The zero-order valence-corrected chi connectivity index (χ0v) is 9.25. The summed E-state index contributed by atoms with van der Waals surface area (Å²) in [6.45, 7) is 0. The van der Waals surface area contributed by atoms with E-state index in [1.807, 2.05) is 0 Å². The van der Waals surface area contributed by atoms with Crippen LogP contribution >= 0.6 is 0 Å². The van der Waals surface area contributed by atoms with Gasteiger partial charge in [0, 0.05) is 24.2 Å². The van der Waals surface area contributed by atoms with E-state index in [1.54, 1.807) is 0 Å². The van der Waals surface area contributed by atoms with Crippen LogP contribution in [0.25, 0.3) is 0 Å². The van der Waals surface area contributed by atoms with Crippen molar-refractivity contribution in [2.75, 3.05) is 7.11 Å². The fourth-order valence-electron chi connectivity index (χ4n) is 3.94. The topological polar surface area (TPSA) is 60.4 Å². The third-order valence-electron chi connectivity index (χ3n) is 4.80. The Morgan fingerprint density at radius 2 is 2.06 bits per heavy atom. The standard InChI is InChI=1S/C12H14O4/c1-16-10(15)12-6-8(13)7(2-3-9(12)14)11(12)4-5-11/h7H,2-6H2,1H3/t7-,12+/m1/s1. The molecule has 0 aromatic carbocycles. The van der Waals surface area contributed by atoms with Crippen molar-refractivity contribution in [1.82, 2.24) is 0 Å². The van der Waals surface area contributed by atoms with Gasteiger partial charge in [-0.15, -0.1) is 0 Å². The minimum absolute atomic E-state index is 0.0655. The first kappa shape index (κ1) is 10.00. The average Bonchev–Trinajstić information content (AvgIpc) is 3.00. The predicted octanol–water partition coefficient (Wildman–Crippen LogP) is 0.878. The van der Waals surface area contributed by atoms with E-state index in [4.69, 9.17) is 4.74 Å². The molecule has 0 aliphatic heterocycles. The number of hydrogen-bond donors (Lipinski definition) is 0. The molecule has 3 saturated carbocycles. The van der Waals surface area contributed by atoms with Gasteiger partial charge in [0.15, 0.2) is 5.78 Å².